The van der Waals surface area contributed by atoms with E-state index in [1.807, 2.05) is 0 Å². The van der Waals surface area contributed by atoms with Gasteiger partial charge in [-0.25, -0.2) is 0 Å². The van der Waals surface area contributed by atoms with E-state index in [9.17, 15) is 4.57 Å². The molecule has 6 heavy (non-hydrogen) atoms. The van der Waals surface area contributed by atoms with Crippen LogP contribution < -0.4 is 0 Å². The molecule has 0 aliphatic rings. The fourth-order valence-electron chi connectivity index (χ4n) is 0. The van der Waals surface area contributed by atoms with Crippen molar-refractivity contribution >= 4 is 16.3 Å². The number of hydrogen-bond donors (Lipinski definition) is 2. The van der Waals surface area contributed by atoms with Crippen LogP contribution in [-0.4, -0.2) is 19.0 Å². The molecule has 2 radical (unpaired) electrons. The van der Waals surface area contributed by atoms with Gasteiger partial charge < -0.3 is 9.79 Å². The molecule has 0 aromatic heterocycles. The van der Waals surface area contributed by atoms with Crippen LogP contribution in [0.1, 0.15) is 0 Å². The summed E-state index contributed by atoms with van der Waals surface area (Å²) in [4.78, 5) is 15.9. The van der Waals surface area contributed by atoms with Crippen LogP contribution in [-0.2, 0) is 4.57 Å². The summed E-state index contributed by atoms with van der Waals surface area (Å²) in [5.74, 6) is 0. The maximum atomic E-state index is 9.71. The van der Waals surface area contributed by atoms with Gasteiger partial charge in [0.05, 0.1) is 0 Å². The van der Waals surface area contributed by atoms with E-state index in [1.165, 1.54) is 6.55 Å². The molecule has 0 aliphatic carbocycles. The Labute approximate surface area is 38.2 Å². The van der Waals surface area contributed by atoms with Crippen molar-refractivity contribution in [3.05, 3.63) is 0 Å². The van der Waals surface area contributed by atoms with Gasteiger partial charge in [-0.1, -0.05) is 6.55 Å². The Morgan fingerprint density at radius 3 is 1.83 bits per heavy atom. The summed E-state index contributed by atoms with van der Waals surface area (Å²) in [6.07, 6.45) is 0. The largest absolute Gasteiger partial charge is 0.329 e. The highest BCUT2D eigenvalue weighted by Gasteiger charge is 2.06. The van der Waals surface area contributed by atoms with Crippen LogP contribution in [0.2, 0.25) is 6.55 Å². The fourth-order valence-corrected chi connectivity index (χ4v) is 0. The van der Waals surface area contributed by atoms with E-state index in [0.29, 0.717) is 0 Å². The van der Waals surface area contributed by atoms with Gasteiger partial charge in [0.15, 0.2) is 9.19 Å². The molecular formula is CH5O3PSi. The number of hydrogen-bond acceptors (Lipinski definition) is 1. The monoisotopic (exact) mass is 124 g/mol. The molecule has 0 heterocycles. The van der Waals surface area contributed by atoms with Crippen molar-refractivity contribution in [3.63, 3.8) is 0 Å². The summed E-state index contributed by atoms with van der Waals surface area (Å²) in [5.41, 5.74) is 0. The van der Waals surface area contributed by atoms with Crippen molar-refractivity contribution in [2.24, 2.45) is 0 Å². The third kappa shape index (κ3) is 4.37. The molecule has 0 bridgehead atoms. The Bertz CT molecular complexity index is 74.9. The average molecular weight is 124 g/mol. The lowest BCUT2D eigenvalue weighted by molar-refractivity contribution is 0.394. The Morgan fingerprint density at radius 1 is 1.67 bits per heavy atom. The molecule has 36 valence electrons. The second-order valence-electron chi connectivity index (χ2n) is 0.768. The molecule has 0 saturated heterocycles. The van der Waals surface area contributed by atoms with Crippen LogP contribution in [0.4, 0.5) is 0 Å². The molecule has 0 saturated carbocycles. The minimum atomic E-state index is -3.62. The lowest BCUT2D eigenvalue weighted by Gasteiger charge is -1.91. The van der Waals surface area contributed by atoms with Crippen molar-refractivity contribution in [2.45, 2.75) is 6.55 Å². The molecule has 3 nitrogen and oxygen atoms in total. The van der Waals surface area contributed by atoms with Crippen LogP contribution in [0.15, 0.2) is 0 Å². The van der Waals surface area contributed by atoms with Gasteiger partial charge in [0.2, 0.25) is 0 Å². The zero-order valence-corrected chi connectivity index (χ0v) is 5.14. The first kappa shape index (κ1) is 6.37. The van der Waals surface area contributed by atoms with E-state index in [4.69, 9.17) is 9.79 Å². The van der Waals surface area contributed by atoms with Gasteiger partial charge in [0, 0.05) is 0 Å². The predicted molar refractivity (Wildman–Crippen MR) is 23.7 cm³/mol. The number of rotatable bonds is 1. The second kappa shape index (κ2) is 1.89. The van der Waals surface area contributed by atoms with Gasteiger partial charge >= 0.3 is 0 Å². The van der Waals surface area contributed by atoms with Crippen molar-refractivity contribution < 1.29 is 14.4 Å². The third-order valence-corrected chi connectivity index (χ3v) is 2.62. The summed E-state index contributed by atoms with van der Waals surface area (Å²) in [6, 6.07) is 0. The maximum Gasteiger partial charge on any atom is 0.288 e. The molecule has 0 spiro atoms. The highest BCUT2D eigenvalue weighted by Crippen LogP contribution is 2.30. The Kier molecular flexibility index (Phi) is 2.00. The van der Waals surface area contributed by atoms with E-state index in [0.717, 1.165) is 0 Å². The highest BCUT2D eigenvalue weighted by molar-refractivity contribution is 7.81. The minimum absolute atomic E-state index is 0.266. The Hall–Kier alpha value is 0.367. The zero-order valence-electron chi connectivity index (χ0n) is 3.25. The molecule has 5 heteroatoms. The van der Waals surface area contributed by atoms with E-state index in [1.54, 1.807) is 0 Å². The van der Waals surface area contributed by atoms with Crippen LogP contribution in [0.3, 0.4) is 0 Å². The molecule has 0 aromatic rings. The molecule has 0 fully saturated rings. The van der Waals surface area contributed by atoms with Gasteiger partial charge in [-0.2, -0.15) is 0 Å². The first-order valence-corrected chi connectivity index (χ1v) is 5.26. The fraction of sp³-hybridized carbons (Fsp3) is 1.00. The molecular weight excluding hydrogens is 119 g/mol. The molecule has 2 N–H and O–H groups in total. The van der Waals surface area contributed by atoms with E-state index in [2.05, 4.69) is 0 Å². The first-order valence-electron chi connectivity index (χ1n) is 1.31. The van der Waals surface area contributed by atoms with Gasteiger partial charge in [-0.3, -0.25) is 4.57 Å². The molecule has 0 aromatic carbocycles. The Balaban J connectivity index is 3.48. The summed E-state index contributed by atoms with van der Waals surface area (Å²) >= 11 is 0. The van der Waals surface area contributed by atoms with Crippen LogP contribution >= 0.6 is 7.14 Å². The van der Waals surface area contributed by atoms with Crippen LogP contribution in [0.25, 0.3) is 0 Å². The van der Waals surface area contributed by atoms with Crippen molar-refractivity contribution in [1.82, 2.24) is 0 Å². The first-order chi connectivity index (χ1) is 2.56. The van der Waals surface area contributed by atoms with Gasteiger partial charge in [0.1, 0.15) is 0 Å². The van der Waals surface area contributed by atoms with Crippen LogP contribution in [0.5, 0.6) is 0 Å². The zero-order chi connectivity index (χ0) is 5.21. The van der Waals surface area contributed by atoms with E-state index in [-0.39, 0.29) is 9.19 Å². The van der Waals surface area contributed by atoms with E-state index < -0.39 is 7.14 Å². The molecule has 0 amide bonds. The minimum Gasteiger partial charge on any atom is -0.329 e. The van der Waals surface area contributed by atoms with Gasteiger partial charge in [-0.15, -0.1) is 0 Å². The lowest BCUT2D eigenvalue weighted by Crippen LogP contribution is -1.81. The summed E-state index contributed by atoms with van der Waals surface area (Å²) in [5, 5.41) is 0. The molecule has 0 aliphatic heterocycles. The molecule has 0 unspecified atom stereocenters. The standard InChI is InChI=1S/CH5O3PSi/c1-6-5(2,3)4/h1H3,(H2,2,3,4). The summed E-state index contributed by atoms with van der Waals surface area (Å²) < 4.78 is 9.71. The smallest absolute Gasteiger partial charge is 0.288 e. The normalized spacial score (nSPS) is 11.8. The maximum absolute atomic E-state index is 9.71. The second-order valence-corrected chi connectivity index (χ2v) is 5.39. The third-order valence-electron chi connectivity index (χ3n) is 0.291. The summed E-state index contributed by atoms with van der Waals surface area (Å²) in [7, 11) is -3.89. The van der Waals surface area contributed by atoms with Crippen molar-refractivity contribution in [1.29, 1.82) is 0 Å². The highest BCUT2D eigenvalue weighted by atomic mass is 31.4. The average Bonchev–Trinajstić information content (AvgIpc) is 1.35. The van der Waals surface area contributed by atoms with E-state index >= 15 is 0 Å². The summed E-state index contributed by atoms with van der Waals surface area (Å²) in [6.45, 7) is 1.47. The molecule has 0 rings (SSSR count). The SMILES string of the molecule is C[Si]P(=O)(O)O. The van der Waals surface area contributed by atoms with Crippen molar-refractivity contribution in [2.75, 3.05) is 0 Å². The predicted octanol–water partition coefficient (Wildman–Crippen LogP) is -0.169. The molecule has 0 atom stereocenters. The topological polar surface area (TPSA) is 57.5 Å². The van der Waals surface area contributed by atoms with Gasteiger partial charge in [-0.05, 0) is 0 Å². The Morgan fingerprint density at radius 2 is 1.83 bits per heavy atom. The quantitative estimate of drug-likeness (QED) is 0.377. The van der Waals surface area contributed by atoms with Gasteiger partial charge in [0.25, 0.3) is 7.14 Å². The lowest BCUT2D eigenvalue weighted by atomic mass is 11.9. The van der Waals surface area contributed by atoms with Crippen LogP contribution in [0, 0.1) is 0 Å². The van der Waals surface area contributed by atoms with Crippen molar-refractivity contribution in [3.8, 4) is 0 Å².